The standard InChI is InChI=1S/C18H19N3O5/c1-22-15-11-13(3-5-14(15)25-10-8-19)4-6-16-20-21-17(26-16)18(23-2)7-9-24-12-18/h3-6,11H,7,9-10,12H2,1-2H3/b6-4+. The zero-order chi connectivity index (χ0) is 18.4. The van der Waals surface area contributed by atoms with Crippen LogP contribution in [0, 0.1) is 11.3 Å². The van der Waals surface area contributed by atoms with E-state index < -0.39 is 5.60 Å². The van der Waals surface area contributed by atoms with Gasteiger partial charge < -0.3 is 23.4 Å². The van der Waals surface area contributed by atoms with Crippen LogP contribution in [0.3, 0.4) is 0 Å². The average Bonchev–Trinajstić information content (AvgIpc) is 3.35. The van der Waals surface area contributed by atoms with E-state index in [1.54, 1.807) is 32.4 Å². The number of nitriles is 1. The first-order valence-corrected chi connectivity index (χ1v) is 8.03. The minimum atomic E-state index is -0.665. The van der Waals surface area contributed by atoms with Crippen LogP contribution in [0.2, 0.25) is 0 Å². The summed E-state index contributed by atoms with van der Waals surface area (Å²) in [7, 11) is 3.15. The van der Waals surface area contributed by atoms with E-state index in [4.69, 9.17) is 28.6 Å². The molecule has 136 valence electrons. The number of methoxy groups -OCH3 is 2. The molecule has 1 unspecified atom stereocenters. The Kier molecular flexibility index (Phi) is 5.51. The van der Waals surface area contributed by atoms with E-state index in [-0.39, 0.29) is 6.61 Å². The molecule has 3 rings (SSSR count). The molecule has 0 radical (unpaired) electrons. The second kappa shape index (κ2) is 7.99. The summed E-state index contributed by atoms with van der Waals surface area (Å²) in [5, 5.41) is 16.7. The zero-order valence-corrected chi connectivity index (χ0v) is 14.6. The van der Waals surface area contributed by atoms with Gasteiger partial charge in [-0.05, 0) is 23.8 Å². The van der Waals surface area contributed by atoms with Crippen molar-refractivity contribution in [1.82, 2.24) is 10.2 Å². The summed E-state index contributed by atoms with van der Waals surface area (Å²) >= 11 is 0. The minimum absolute atomic E-state index is 0.0404. The number of nitrogens with zero attached hydrogens (tertiary/aromatic N) is 3. The fraction of sp³-hybridized carbons (Fsp3) is 0.389. The van der Waals surface area contributed by atoms with Crippen molar-refractivity contribution in [2.75, 3.05) is 34.0 Å². The predicted molar refractivity (Wildman–Crippen MR) is 91.5 cm³/mol. The molecule has 1 aliphatic heterocycles. The number of hydrogen-bond donors (Lipinski definition) is 0. The van der Waals surface area contributed by atoms with E-state index in [0.717, 1.165) is 5.56 Å². The lowest BCUT2D eigenvalue weighted by molar-refractivity contribution is -0.0412. The van der Waals surface area contributed by atoms with Crippen LogP contribution in [0.15, 0.2) is 22.6 Å². The van der Waals surface area contributed by atoms with E-state index in [9.17, 15) is 0 Å². The minimum Gasteiger partial charge on any atom is -0.493 e. The molecule has 26 heavy (non-hydrogen) atoms. The van der Waals surface area contributed by atoms with Crippen molar-refractivity contribution < 1.29 is 23.4 Å². The van der Waals surface area contributed by atoms with E-state index in [2.05, 4.69) is 10.2 Å². The predicted octanol–water partition coefficient (Wildman–Crippen LogP) is 2.41. The Morgan fingerprint density at radius 1 is 1.27 bits per heavy atom. The third-order valence-electron chi connectivity index (χ3n) is 4.10. The van der Waals surface area contributed by atoms with Crippen molar-refractivity contribution in [3.8, 4) is 17.6 Å². The highest BCUT2D eigenvalue weighted by atomic mass is 16.6. The fourth-order valence-corrected chi connectivity index (χ4v) is 2.63. The topological polar surface area (TPSA) is 99.6 Å². The molecule has 0 aliphatic carbocycles. The Morgan fingerprint density at radius 2 is 2.15 bits per heavy atom. The van der Waals surface area contributed by atoms with Gasteiger partial charge in [-0.2, -0.15) is 5.26 Å². The molecule has 0 N–H and O–H groups in total. The summed E-state index contributed by atoms with van der Waals surface area (Å²) < 4.78 is 27.2. The first kappa shape index (κ1) is 17.9. The van der Waals surface area contributed by atoms with Crippen molar-refractivity contribution in [1.29, 1.82) is 5.26 Å². The second-order valence-corrected chi connectivity index (χ2v) is 5.64. The first-order chi connectivity index (χ1) is 12.7. The van der Waals surface area contributed by atoms with Gasteiger partial charge in [-0.3, -0.25) is 0 Å². The molecule has 8 nitrogen and oxygen atoms in total. The van der Waals surface area contributed by atoms with Gasteiger partial charge in [-0.15, -0.1) is 10.2 Å². The zero-order valence-electron chi connectivity index (χ0n) is 14.6. The van der Waals surface area contributed by atoms with Gasteiger partial charge in [-0.1, -0.05) is 6.07 Å². The quantitative estimate of drug-likeness (QED) is 0.745. The lowest BCUT2D eigenvalue weighted by Crippen LogP contribution is -2.29. The van der Waals surface area contributed by atoms with Crippen LogP contribution >= 0.6 is 0 Å². The summed E-state index contributed by atoms with van der Waals surface area (Å²) in [5.41, 5.74) is 0.193. The SMILES string of the molecule is COc1cc(/C=C/c2nnc(C3(OC)CCOC3)o2)ccc1OCC#N. The summed E-state index contributed by atoms with van der Waals surface area (Å²) in [6.45, 7) is 0.957. The molecule has 0 amide bonds. The molecular formula is C18H19N3O5. The highest BCUT2D eigenvalue weighted by molar-refractivity contribution is 5.67. The Morgan fingerprint density at radius 3 is 2.85 bits per heavy atom. The molecule has 1 fully saturated rings. The first-order valence-electron chi connectivity index (χ1n) is 8.03. The lowest BCUT2D eigenvalue weighted by Gasteiger charge is -2.20. The van der Waals surface area contributed by atoms with Gasteiger partial charge in [0.25, 0.3) is 5.89 Å². The molecule has 1 aromatic heterocycles. The lowest BCUT2D eigenvalue weighted by atomic mass is 10.0. The van der Waals surface area contributed by atoms with Gasteiger partial charge in [0.15, 0.2) is 23.7 Å². The van der Waals surface area contributed by atoms with Crippen LogP contribution in [0.1, 0.15) is 23.8 Å². The van der Waals surface area contributed by atoms with Gasteiger partial charge in [-0.25, -0.2) is 0 Å². The van der Waals surface area contributed by atoms with Crippen molar-refractivity contribution in [3.63, 3.8) is 0 Å². The largest absolute Gasteiger partial charge is 0.493 e. The normalized spacial score (nSPS) is 19.6. The number of rotatable bonds is 7. The Bertz CT molecular complexity index is 818. The summed E-state index contributed by atoms with van der Waals surface area (Å²) in [5.74, 6) is 1.83. The van der Waals surface area contributed by atoms with E-state index in [1.807, 2.05) is 18.2 Å². The van der Waals surface area contributed by atoms with Crippen LogP contribution in [0.25, 0.3) is 12.2 Å². The molecule has 1 aromatic carbocycles. The second-order valence-electron chi connectivity index (χ2n) is 5.64. The van der Waals surface area contributed by atoms with Crippen molar-refractivity contribution >= 4 is 12.2 Å². The van der Waals surface area contributed by atoms with E-state index in [0.29, 0.717) is 42.9 Å². The van der Waals surface area contributed by atoms with Crippen LogP contribution in [0.5, 0.6) is 11.5 Å². The Labute approximate surface area is 150 Å². The molecule has 8 heteroatoms. The van der Waals surface area contributed by atoms with Gasteiger partial charge in [0, 0.05) is 19.6 Å². The van der Waals surface area contributed by atoms with Crippen molar-refractivity contribution in [3.05, 3.63) is 35.5 Å². The number of ether oxygens (including phenoxy) is 4. The van der Waals surface area contributed by atoms with Gasteiger partial charge in [0.2, 0.25) is 5.89 Å². The Balaban J connectivity index is 1.75. The van der Waals surface area contributed by atoms with Gasteiger partial charge in [0.1, 0.15) is 6.07 Å². The molecule has 1 atom stereocenters. The summed E-state index contributed by atoms with van der Waals surface area (Å²) in [6.07, 6.45) is 4.20. The molecule has 1 aliphatic rings. The van der Waals surface area contributed by atoms with Gasteiger partial charge in [0.05, 0.1) is 20.3 Å². The Hall–Kier alpha value is -2.89. The van der Waals surface area contributed by atoms with Gasteiger partial charge >= 0.3 is 0 Å². The third kappa shape index (κ3) is 3.69. The molecular weight excluding hydrogens is 338 g/mol. The third-order valence-corrected chi connectivity index (χ3v) is 4.10. The summed E-state index contributed by atoms with van der Waals surface area (Å²) in [6, 6.07) is 7.30. The van der Waals surface area contributed by atoms with Crippen LogP contribution in [0.4, 0.5) is 0 Å². The van der Waals surface area contributed by atoms with E-state index >= 15 is 0 Å². The maximum absolute atomic E-state index is 8.61. The smallest absolute Gasteiger partial charge is 0.251 e. The molecule has 0 bridgehead atoms. The summed E-state index contributed by atoms with van der Waals surface area (Å²) in [4.78, 5) is 0. The molecule has 0 spiro atoms. The van der Waals surface area contributed by atoms with Crippen LogP contribution in [-0.2, 0) is 15.1 Å². The monoisotopic (exact) mass is 357 g/mol. The molecule has 2 heterocycles. The highest BCUT2D eigenvalue weighted by Gasteiger charge is 2.42. The highest BCUT2D eigenvalue weighted by Crippen LogP contribution is 2.33. The van der Waals surface area contributed by atoms with Crippen molar-refractivity contribution in [2.24, 2.45) is 0 Å². The van der Waals surface area contributed by atoms with E-state index in [1.165, 1.54) is 0 Å². The molecule has 0 saturated carbocycles. The molecule has 2 aromatic rings. The average molecular weight is 357 g/mol. The molecule has 1 saturated heterocycles. The van der Waals surface area contributed by atoms with Crippen molar-refractivity contribution in [2.45, 2.75) is 12.0 Å². The number of benzene rings is 1. The maximum atomic E-state index is 8.61. The number of hydrogen-bond acceptors (Lipinski definition) is 8. The fourth-order valence-electron chi connectivity index (χ4n) is 2.63. The number of aromatic nitrogens is 2. The van der Waals surface area contributed by atoms with Crippen LogP contribution in [-0.4, -0.2) is 44.2 Å². The maximum Gasteiger partial charge on any atom is 0.251 e. The van der Waals surface area contributed by atoms with Crippen LogP contribution < -0.4 is 9.47 Å².